The van der Waals surface area contributed by atoms with Crippen molar-refractivity contribution in [1.82, 2.24) is 40.8 Å². The van der Waals surface area contributed by atoms with E-state index < -0.39 is 0 Å². The molecule has 2 aliphatic heterocycles. The van der Waals surface area contributed by atoms with Crippen molar-refractivity contribution in [3.8, 4) is 45.4 Å². The van der Waals surface area contributed by atoms with Crippen LogP contribution >= 0.6 is 23.2 Å². The van der Waals surface area contributed by atoms with Crippen molar-refractivity contribution in [3.63, 3.8) is 0 Å². The van der Waals surface area contributed by atoms with Crippen molar-refractivity contribution < 1.29 is 19.1 Å². The van der Waals surface area contributed by atoms with Crippen LogP contribution in [0.4, 0.5) is 0 Å². The van der Waals surface area contributed by atoms with Crippen molar-refractivity contribution in [2.45, 2.75) is 44.9 Å². The van der Waals surface area contributed by atoms with Gasteiger partial charge in [-0.3, -0.25) is 19.6 Å². The van der Waals surface area contributed by atoms with Gasteiger partial charge in [-0.05, 0) is 6.42 Å². The Morgan fingerprint density at radius 1 is 0.896 bits per heavy atom. The predicted molar refractivity (Wildman–Crippen MR) is 183 cm³/mol. The summed E-state index contributed by atoms with van der Waals surface area (Å²) >= 11 is 14.1. The molecule has 0 radical (unpaired) electrons. The van der Waals surface area contributed by atoms with E-state index in [1.54, 1.807) is 38.4 Å². The molecule has 1 atom stereocenters. The fourth-order valence-corrected chi connectivity index (χ4v) is 6.45. The molecule has 0 aliphatic carbocycles. The summed E-state index contributed by atoms with van der Waals surface area (Å²) in [6.45, 7) is 4.43. The third kappa shape index (κ3) is 7.21. The van der Waals surface area contributed by atoms with Gasteiger partial charge in [-0.25, -0.2) is 9.97 Å². The van der Waals surface area contributed by atoms with E-state index in [9.17, 15) is 9.59 Å². The van der Waals surface area contributed by atoms with Gasteiger partial charge in [0.1, 0.15) is 11.4 Å². The Labute approximate surface area is 288 Å². The third-order valence-electron chi connectivity index (χ3n) is 8.50. The molecule has 2 aromatic heterocycles. The molecule has 0 bridgehead atoms. The van der Waals surface area contributed by atoms with Gasteiger partial charge in [0, 0.05) is 80.4 Å². The molecule has 48 heavy (non-hydrogen) atoms. The lowest BCUT2D eigenvalue weighted by Gasteiger charge is -2.39. The van der Waals surface area contributed by atoms with Gasteiger partial charge in [0.15, 0.2) is 0 Å². The molecule has 14 heteroatoms. The lowest BCUT2D eigenvalue weighted by atomic mass is 9.98. The maximum Gasteiger partial charge on any atom is 0.237 e. The minimum absolute atomic E-state index is 0.0718. The summed E-state index contributed by atoms with van der Waals surface area (Å²) in [5.41, 5.74) is 5.18. The number of methoxy groups -OCH3 is 2. The summed E-state index contributed by atoms with van der Waals surface area (Å²) < 4.78 is 11.2. The molecule has 2 fully saturated rings. The summed E-state index contributed by atoms with van der Waals surface area (Å²) in [5.74, 6) is 0.925. The molecule has 2 amide bonds. The Balaban J connectivity index is 1.20. The summed E-state index contributed by atoms with van der Waals surface area (Å²) in [5, 5.41) is 10.6. The smallest absolute Gasteiger partial charge is 0.237 e. The van der Waals surface area contributed by atoms with Crippen LogP contribution in [0.5, 0.6) is 11.8 Å². The number of nitrogens with zero attached hydrogens (tertiary/aromatic N) is 5. The Morgan fingerprint density at radius 2 is 1.44 bits per heavy atom. The second-order valence-corrected chi connectivity index (χ2v) is 12.4. The Bertz CT molecular complexity index is 1840. The number of nitrogens with one attached hydrogen (secondary N) is 3. The van der Waals surface area contributed by atoms with Crippen LogP contribution in [0.1, 0.15) is 31.2 Å². The summed E-state index contributed by atoms with van der Waals surface area (Å²) in [6.07, 6.45) is 4.71. The second-order valence-electron chi connectivity index (χ2n) is 11.7. The van der Waals surface area contributed by atoms with Crippen molar-refractivity contribution in [2.24, 2.45) is 0 Å². The van der Waals surface area contributed by atoms with E-state index in [0.717, 1.165) is 6.42 Å². The maximum atomic E-state index is 11.5. The number of amides is 2. The van der Waals surface area contributed by atoms with Crippen LogP contribution in [-0.2, 0) is 22.7 Å². The van der Waals surface area contributed by atoms with Gasteiger partial charge in [-0.1, -0.05) is 59.6 Å². The largest absolute Gasteiger partial charge is 0.480 e. The monoisotopic (exact) mass is 690 g/mol. The highest BCUT2D eigenvalue weighted by Crippen LogP contribution is 2.42. The second kappa shape index (κ2) is 14.8. The number of benzene rings is 2. The topological polar surface area (TPSA) is 143 Å². The van der Waals surface area contributed by atoms with Crippen LogP contribution in [0, 0.1) is 0 Å². The summed E-state index contributed by atoms with van der Waals surface area (Å²) in [7, 11) is 3.11. The average molecular weight is 692 g/mol. The molecule has 0 saturated carbocycles. The highest BCUT2D eigenvalue weighted by atomic mass is 35.5. The first kappa shape index (κ1) is 33.5. The summed E-state index contributed by atoms with van der Waals surface area (Å²) in [4.78, 5) is 43.4. The first-order chi connectivity index (χ1) is 23.2. The SMILES string of the molecule is COc1nc(-c2cccc(-c3cccc(-c4cnc(CNC5CN(C(C)=O)C5)c(OC)n4)c3Cl)c2Cl)cnc1CNC[C@@H]1CCC(=O)N1. The highest BCUT2D eigenvalue weighted by Gasteiger charge is 2.28. The molecule has 4 aromatic rings. The van der Waals surface area contributed by atoms with Gasteiger partial charge in [-0.15, -0.1) is 0 Å². The van der Waals surface area contributed by atoms with Crippen LogP contribution < -0.4 is 25.4 Å². The lowest BCUT2D eigenvalue weighted by Crippen LogP contribution is -2.59. The molecule has 250 valence electrons. The number of hydrogen-bond donors (Lipinski definition) is 3. The van der Waals surface area contributed by atoms with Crippen LogP contribution in [-0.4, -0.2) is 82.6 Å². The Hall–Kier alpha value is -4.36. The minimum Gasteiger partial charge on any atom is -0.480 e. The van der Waals surface area contributed by atoms with E-state index in [4.69, 9.17) is 42.6 Å². The Kier molecular flexibility index (Phi) is 10.4. The molecular formula is C34H36Cl2N8O4. The standard InChI is InChI=1S/C34H36Cl2N8O4/c1-19(45)44-17-21(18-44)38-16-29-34(48-3)43-27(15-40-29)25-9-5-7-23(32(25)36)22-6-4-8-24(31(22)35)26-14-39-28(33(42-26)47-2)13-37-12-20-10-11-30(46)41-20/h4-9,14-15,20-21,37-38H,10-13,16-18H2,1-3H3,(H,41,46)/t20-/m0/s1. The highest BCUT2D eigenvalue weighted by molar-refractivity contribution is 6.39. The van der Waals surface area contributed by atoms with Crippen molar-refractivity contribution >= 4 is 35.0 Å². The molecule has 0 unspecified atom stereocenters. The molecular weight excluding hydrogens is 655 g/mol. The Morgan fingerprint density at radius 3 is 1.94 bits per heavy atom. The zero-order valence-corrected chi connectivity index (χ0v) is 28.4. The van der Waals surface area contributed by atoms with Crippen LogP contribution in [0.25, 0.3) is 33.6 Å². The van der Waals surface area contributed by atoms with Crippen molar-refractivity contribution in [2.75, 3.05) is 33.9 Å². The average Bonchev–Trinajstić information content (AvgIpc) is 3.49. The quantitative estimate of drug-likeness (QED) is 0.197. The predicted octanol–water partition coefficient (Wildman–Crippen LogP) is 4.28. The first-order valence-electron chi connectivity index (χ1n) is 15.6. The maximum absolute atomic E-state index is 11.5. The molecule has 6 rings (SSSR count). The van der Waals surface area contributed by atoms with E-state index in [1.165, 1.54) is 0 Å². The molecule has 2 aliphatic rings. The van der Waals surface area contributed by atoms with Gasteiger partial charge < -0.3 is 30.3 Å². The number of aromatic nitrogens is 4. The number of likely N-dealkylation sites (tertiary alicyclic amines) is 1. The molecule has 2 aromatic carbocycles. The van der Waals surface area contributed by atoms with Crippen molar-refractivity contribution in [3.05, 3.63) is 70.2 Å². The molecule has 2 saturated heterocycles. The van der Waals surface area contributed by atoms with Crippen LogP contribution in [0.3, 0.4) is 0 Å². The van der Waals surface area contributed by atoms with E-state index >= 15 is 0 Å². The van der Waals surface area contributed by atoms with Crippen LogP contribution in [0.15, 0.2) is 48.8 Å². The third-order valence-corrected chi connectivity index (χ3v) is 9.32. The minimum atomic E-state index is 0.0718. The number of hydrogen-bond acceptors (Lipinski definition) is 10. The van der Waals surface area contributed by atoms with E-state index in [1.807, 2.05) is 36.4 Å². The zero-order chi connectivity index (χ0) is 33.8. The molecule has 4 heterocycles. The van der Waals surface area contributed by atoms with Gasteiger partial charge in [0.2, 0.25) is 23.6 Å². The fraction of sp³-hybridized carbons (Fsp3) is 0.353. The number of halogens is 2. The number of carbonyl (C=O) groups is 2. The van der Waals surface area contributed by atoms with Gasteiger partial charge in [0.05, 0.1) is 48.0 Å². The number of carbonyl (C=O) groups excluding carboxylic acids is 2. The van der Waals surface area contributed by atoms with E-state index in [0.29, 0.717) is 106 Å². The van der Waals surface area contributed by atoms with Gasteiger partial charge in [0.25, 0.3) is 0 Å². The summed E-state index contributed by atoms with van der Waals surface area (Å²) in [6, 6.07) is 11.6. The van der Waals surface area contributed by atoms with E-state index in [-0.39, 0.29) is 23.9 Å². The molecule has 0 spiro atoms. The van der Waals surface area contributed by atoms with E-state index in [2.05, 4.69) is 25.9 Å². The lowest BCUT2D eigenvalue weighted by molar-refractivity contribution is -0.133. The molecule has 12 nitrogen and oxygen atoms in total. The number of ether oxygens (including phenoxy) is 2. The van der Waals surface area contributed by atoms with Gasteiger partial charge >= 0.3 is 0 Å². The normalized spacial score (nSPS) is 16.1. The molecule has 3 N–H and O–H groups in total. The number of rotatable bonds is 12. The van der Waals surface area contributed by atoms with Crippen molar-refractivity contribution in [1.29, 1.82) is 0 Å². The first-order valence-corrected chi connectivity index (χ1v) is 16.4. The van der Waals surface area contributed by atoms with Gasteiger partial charge in [-0.2, -0.15) is 0 Å². The fourth-order valence-electron chi connectivity index (χ4n) is 5.80. The zero-order valence-electron chi connectivity index (χ0n) is 26.8. The van der Waals surface area contributed by atoms with Crippen LogP contribution in [0.2, 0.25) is 10.0 Å².